The van der Waals surface area contributed by atoms with E-state index in [1.807, 2.05) is 13.8 Å². The van der Waals surface area contributed by atoms with Crippen molar-refractivity contribution in [2.24, 2.45) is 0 Å². The first-order valence-corrected chi connectivity index (χ1v) is 7.48. The molecule has 1 unspecified atom stereocenters. The molecule has 1 aromatic rings. The minimum atomic E-state index is 0.468. The molecule has 0 heterocycles. The Hall–Kier alpha value is -0.950. The van der Waals surface area contributed by atoms with Crippen LogP contribution in [0.1, 0.15) is 56.2 Å². The molecule has 19 heavy (non-hydrogen) atoms. The third-order valence-electron chi connectivity index (χ3n) is 3.55. The van der Waals surface area contributed by atoms with E-state index < -0.39 is 0 Å². The van der Waals surface area contributed by atoms with E-state index in [0.717, 1.165) is 29.2 Å². The molecule has 0 radical (unpaired) electrons. The normalized spacial score (nSPS) is 12.9. The molecule has 0 spiro atoms. The van der Waals surface area contributed by atoms with Gasteiger partial charge in [0.05, 0.1) is 6.61 Å². The van der Waals surface area contributed by atoms with Gasteiger partial charge in [-0.2, -0.15) is 0 Å². The van der Waals surface area contributed by atoms with Gasteiger partial charge in [-0.3, -0.25) is 0 Å². The number of hydrogen-bond acceptors (Lipinski definition) is 1. The van der Waals surface area contributed by atoms with Crippen LogP contribution in [0, 0.1) is 13.8 Å². The number of ether oxygens (including phenoxy) is 1. The number of hydrogen-bond donors (Lipinski definition) is 0. The minimum Gasteiger partial charge on any atom is -0.494 e. The highest BCUT2D eigenvalue weighted by atomic mass is 35.5. The summed E-state index contributed by atoms with van der Waals surface area (Å²) in [6.07, 6.45) is 6.45. The lowest BCUT2D eigenvalue weighted by Crippen LogP contribution is -2.06. The molecule has 0 saturated heterocycles. The summed E-state index contributed by atoms with van der Waals surface area (Å²) in [4.78, 5) is 0. The largest absolute Gasteiger partial charge is 0.494 e. The van der Waals surface area contributed by atoms with Crippen molar-refractivity contribution in [3.63, 3.8) is 0 Å². The second kappa shape index (κ2) is 7.59. The van der Waals surface area contributed by atoms with Gasteiger partial charge in [-0.05, 0) is 63.6 Å². The SMILES string of the molecule is C/C=C\CC(CC)c1c(OCC)cc(C)c(Cl)c1C. The standard InChI is InChI=1S/C17H25ClO/c1-6-9-10-14(7-2)16-13(5)17(18)12(4)11-15(16)19-8-3/h6,9,11,14H,7-8,10H2,1-5H3/b9-6-. The molecular weight excluding hydrogens is 256 g/mol. The van der Waals surface area contributed by atoms with E-state index in [0.29, 0.717) is 12.5 Å². The predicted octanol–water partition coefficient (Wildman–Crippen LogP) is 5.82. The predicted molar refractivity (Wildman–Crippen MR) is 84.6 cm³/mol. The third-order valence-corrected chi connectivity index (χ3v) is 4.13. The van der Waals surface area contributed by atoms with Crippen LogP contribution in [-0.2, 0) is 0 Å². The highest BCUT2D eigenvalue weighted by Crippen LogP contribution is 2.39. The highest BCUT2D eigenvalue weighted by molar-refractivity contribution is 6.32. The van der Waals surface area contributed by atoms with Crippen molar-refractivity contribution in [2.75, 3.05) is 6.61 Å². The average molecular weight is 281 g/mol. The molecule has 0 saturated carbocycles. The van der Waals surface area contributed by atoms with Gasteiger partial charge < -0.3 is 4.74 Å². The molecule has 0 N–H and O–H groups in total. The first-order valence-electron chi connectivity index (χ1n) is 7.10. The van der Waals surface area contributed by atoms with E-state index in [-0.39, 0.29) is 0 Å². The fourth-order valence-corrected chi connectivity index (χ4v) is 2.66. The topological polar surface area (TPSA) is 9.23 Å². The lowest BCUT2D eigenvalue weighted by Gasteiger charge is -2.22. The van der Waals surface area contributed by atoms with E-state index in [2.05, 4.69) is 39.0 Å². The quantitative estimate of drug-likeness (QED) is 0.597. The zero-order valence-electron chi connectivity index (χ0n) is 12.7. The lowest BCUT2D eigenvalue weighted by molar-refractivity contribution is 0.333. The fraction of sp³-hybridized carbons (Fsp3) is 0.529. The molecule has 0 amide bonds. The zero-order valence-corrected chi connectivity index (χ0v) is 13.5. The molecule has 0 aromatic heterocycles. The van der Waals surface area contributed by atoms with Crippen LogP contribution < -0.4 is 4.74 Å². The Morgan fingerprint density at radius 1 is 1.32 bits per heavy atom. The Balaban J connectivity index is 3.31. The second-order valence-electron chi connectivity index (χ2n) is 4.89. The summed E-state index contributed by atoms with van der Waals surface area (Å²) in [5.74, 6) is 1.47. The van der Waals surface area contributed by atoms with Crippen molar-refractivity contribution in [3.8, 4) is 5.75 Å². The number of aryl methyl sites for hydroxylation is 1. The molecule has 0 fully saturated rings. The maximum absolute atomic E-state index is 6.42. The maximum Gasteiger partial charge on any atom is 0.123 e. The van der Waals surface area contributed by atoms with Crippen molar-refractivity contribution in [2.45, 2.75) is 53.4 Å². The van der Waals surface area contributed by atoms with Gasteiger partial charge in [0, 0.05) is 10.6 Å². The van der Waals surface area contributed by atoms with Crippen molar-refractivity contribution < 1.29 is 4.74 Å². The molecule has 0 bridgehead atoms. The Morgan fingerprint density at radius 2 is 2.00 bits per heavy atom. The highest BCUT2D eigenvalue weighted by Gasteiger charge is 2.19. The molecular formula is C17H25ClO. The Morgan fingerprint density at radius 3 is 2.53 bits per heavy atom. The summed E-state index contributed by atoms with van der Waals surface area (Å²) in [6, 6.07) is 2.08. The van der Waals surface area contributed by atoms with Crippen molar-refractivity contribution in [1.29, 1.82) is 0 Å². The van der Waals surface area contributed by atoms with Crippen LogP contribution in [0.25, 0.3) is 0 Å². The summed E-state index contributed by atoms with van der Waals surface area (Å²) in [6.45, 7) is 11.1. The Kier molecular flexibility index (Phi) is 6.44. The van der Waals surface area contributed by atoms with Gasteiger partial charge in [0.1, 0.15) is 5.75 Å². The van der Waals surface area contributed by atoms with Crippen molar-refractivity contribution >= 4 is 11.6 Å². The minimum absolute atomic E-state index is 0.468. The molecule has 0 aliphatic rings. The molecule has 0 aliphatic carbocycles. The van der Waals surface area contributed by atoms with E-state index in [9.17, 15) is 0 Å². The first kappa shape index (κ1) is 16.1. The van der Waals surface area contributed by atoms with Gasteiger partial charge in [-0.1, -0.05) is 30.7 Å². The van der Waals surface area contributed by atoms with Crippen molar-refractivity contribution in [1.82, 2.24) is 0 Å². The van der Waals surface area contributed by atoms with Gasteiger partial charge in [-0.25, -0.2) is 0 Å². The number of halogens is 1. The van der Waals surface area contributed by atoms with Crippen LogP contribution in [0.15, 0.2) is 18.2 Å². The van der Waals surface area contributed by atoms with Gasteiger partial charge in [0.15, 0.2) is 0 Å². The summed E-state index contributed by atoms with van der Waals surface area (Å²) < 4.78 is 5.83. The number of allylic oxidation sites excluding steroid dienone is 2. The monoisotopic (exact) mass is 280 g/mol. The molecule has 106 valence electrons. The number of rotatable bonds is 6. The van der Waals surface area contributed by atoms with Crippen LogP contribution in [0.4, 0.5) is 0 Å². The lowest BCUT2D eigenvalue weighted by atomic mass is 9.88. The molecule has 2 heteroatoms. The molecule has 1 atom stereocenters. The zero-order chi connectivity index (χ0) is 14.4. The third kappa shape index (κ3) is 3.76. The fourth-order valence-electron chi connectivity index (χ4n) is 2.51. The smallest absolute Gasteiger partial charge is 0.123 e. The molecule has 0 aliphatic heterocycles. The Bertz CT molecular complexity index is 449. The van der Waals surface area contributed by atoms with Crippen LogP contribution in [0.2, 0.25) is 5.02 Å². The first-order chi connectivity index (χ1) is 9.06. The summed E-state index contributed by atoms with van der Waals surface area (Å²) >= 11 is 6.42. The van der Waals surface area contributed by atoms with Crippen LogP contribution in [-0.4, -0.2) is 6.61 Å². The van der Waals surface area contributed by atoms with E-state index in [4.69, 9.17) is 16.3 Å². The average Bonchev–Trinajstić information content (AvgIpc) is 2.40. The van der Waals surface area contributed by atoms with Gasteiger partial charge in [-0.15, -0.1) is 0 Å². The van der Waals surface area contributed by atoms with Crippen LogP contribution in [0.5, 0.6) is 5.75 Å². The molecule has 1 nitrogen and oxygen atoms in total. The van der Waals surface area contributed by atoms with Gasteiger partial charge >= 0.3 is 0 Å². The van der Waals surface area contributed by atoms with Gasteiger partial charge in [0.2, 0.25) is 0 Å². The number of benzene rings is 1. The Labute approximate surface area is 122 Å². The summed E-state index contributed by atoms with van der Waals surface area (Å²) in [5, 5.41) is 0.873. The van der Waals surface area contributed by atoms with Crippen LogP contribution >= 0.6 is 11.6 Å². The van der Waals surface area contributed by atoms with Crippen molar-refractivity contribution in [3.05, 3.63) is 39.9 Å². The molecule has 1 rings (SSSR count). The second-order valence-corrected chi connectivity index (χ2v) is 5.27. The maximum atomic E-state index is 6.42. The summed E-state index contributed by atoms with van der Waals surface area (Å²) in [7, 11) is 0. The van der Waals surface area contributed by atoms with E-state index in [1.165, 1.54) is 11.1 Å². The van der Waals surface area contributed by atoms with E-state index >= 15 is 0 Å². The van der Waals surface area contributed by atoms with E-state index in [1.54, 1.807) is 0 Å². The summed E-state index contributed by atoms with van der Waals surface area (Å²) in [5.41, 5.74) is 3.53. The van der Waals surface area contributed by atoms with Crippen LogP contribution in [0.3, 0.4) is 0 Å². The molecule has 1 aromatic carbocycles. The van der Waals surface area contributed by atoms with Gasteiger partial charge in [0.25, 0.3) is 0 Å².